The van der Waals surface area contributed by atoms with Gasteiger partial charge in [-0.25, -0.2) is 4.39 Å². The van der Waals surface area contributed by atoms with Gasteiger partial charge in [-0.1, -0.05) is 23.7 Å². The second-order valence-corrected chi connectivity index (χ2v) is 5.94. The molecule has 23 heavy (non-hydrogen) atoms. The molecule has 0 saturated heterocycles. The molecule has 0 amide bonds. The largest absolute Gasteiger partial charge is 0.492 e. The second-order valence-electron chi connectivity index (χ2n) is 5.12. The third-order valence-corrected chi connectivity index (χ3v) is 3.91. The Bertz CT molecular complexity index is 696. The van der Waals surface area contributed by atoms with Crippen LogP contribution in [0.15, 0.2) is 42.5 Å². The smallest absolute Gasteiger partial charge is 0.173 e. The summed E-state index contributed by atoms with van der Waals surface area (Å²) < 4.78 is 19.1. The Kier molecular flexibility index (Phi) is 6.19. The molecule has 0 unspecified atom stereocenters. The number of halogens is 2. The number of hydrogen-bond donors (Lipinski definition) is 1. The molecular weight excluding hydrogens is 335 g/mol. The number of thiocarbonyl (C=S) groups is 1. The zero-order valence-corrected chi connectivity index (χ0v) is 14.5. The molecule has 6 heteroatoms. The molecule has 0 aliphatic carbocycles. The van der Waals surface area contributed by atoms with E-state index in [1.54, 1.807) is 31.2 Å². The molecule has 2 rings (SSSR count). The Hall–Kier alpha value is -1.85. The molecule has 0 spiro atoms. The van der Waals surface area contributed by atoms with Crippen molar-refractivity contribution in [1.29, 1.82) is 0 Å². The van der Waals surface area contributed by atoms with Crippen LogP contribution in [0, 0.1) is 12.7 Å². The Labute approximate surface area is 146 Å². The Morgan fingerprint density at radius 3 is 2.78 bits per heavy atom. The topological polar surface area (TPSA) is 24.5 Å². The zero-order valence-electron chi connectivity index (χ0n) is 13.0. The first-order valence-electron chi connectivity index (χ1n) is 7.12. The maximum Gasteiger partial charge on any atom is 0.173 e. The number of benzene rings is 2. The average Bonchev–Trinajstić information content (AvgIpc) is 2.51. The van der Waals surface area contributed by atoms with Gasteiger partial charge in [-0.3, -0.25) is 0 Å². The summed E-state index contributed by atoms with van der Waals surface area (Å²) in [5.41, 5.74) is 1.23. The molecule has 0 fully saturated rings. The Morgan fingerprint density at radius 2 is 2.09 bits per heavy atom. The summed E-state index contributed by atoms with van der Waals surface area (Å²) in [5, 5.41) is 4.14. The van der Waals surface area contributed by atoms with Crippen LogP contribution in [0.2, 0.25) is 5.02 Å². The first kappa shape index (κ1) is 17.5. The first-order valence-corrected chi connectivity index (χ1v) is 7.91. The van der Waals surface area contributed by atoms with E-state index < -0.39 is 0 Å². The van der Waals surface area contributed by atoms with Gasteiger partial charge in [0.2, 0.25) is 0 Å². The molecule has 2 aromatic rings. The molecule has 0 radical (unpaired) electrons. The molecule has 0 heterocycles. The van der Waals surface area contributed by atoms with Crippen molar-refractivity contribution in [2.45, 2.75) is 6.92 Å². The molecule has 2 aromatic carbocycles. The van der Waals surface area contributed by atoms with Crippen LogP contribution in [0.25, 0.3) is 0 Å². The highest BCUT2D eigenvalue weighted by molar-refractivity contribution is 7.80. The van der Waals surface area contributed by atoms with E-state index >= 15 is 0 Å². The van der Waals surface area contributed by atoms with Gasteiger partial charge in [0.25, 0.3) is 0 Å². The predicted molar refractivity (Wildman–Crippen MR) is 96.9 cm³/mol. The number of nitrogens with zero attached hydrogens (tertiary/aromatic N) is 1. The normalized spacial score (nSPS) is 10.3. The number of aryl methyl sites for hydroxylation is 1. The fourth-order valence-electron chi connectivity index (χ4n) is 1.85. The lowest BCUT2D eigenvalue weighted by atomic mass is 10.2. The lowest BCUT2D eigenvalue weighted by Crippen LogP contribution is -2.34. The Morgan fingerprint density at radius 1 is 1.30 bits per heavy atom. The average molecular weight is 353 g/mol. The van der Waals surface area contributed by atoms with Crippen LogP contribution in [0.3, 0.4) is 0 Å². The molecule has 0 aromatic heterocycles. The zero-order chi connectivity index (χ0) is 16.8. The molecule has 0 atom stereocenters. The van der Waals surface area contributed by atoms with Gasteiger partial charge in [-0.15, -0.1) is 0 Å². The van der Waals surface area contributed by atoms with Gasteiger partial charge in [-0.2, -0.15) is 0 Å². The summed E-state index contributed by atoms with van der Waals surface area (Å²) >= 11 is 11.2. The van der Waals surface area contributed by atoms with Crippen LogP contribution in [-0.4, -0.2) is 30.2 Å². The number of rotatable bonds is 5. The van der Waals surface area contributed by atoms with E-state index in [4.69, 9.17) is 28.6 Å². The predicted octanol–water partition coefficient (Wildman–Crippen LogP) is 4.50. The van der Waals surface area contributed by atoms with Crippen LogP contribution in [0.5, 0.6) is 5.75 Å². The third kappa shape index (κ3) is 5.37. The van der Waals surface area contributed by atoms with E-state index in [9.17, 15) is 4.39 Å². The molecule has 0 aliphatic rings. The second kappa shape index (κ2) is 8.13. The molecule has 122 valence electrons. The number of nitrogens with one attached hydrogen (secondary N) is 1. The van der Waals surface area contributed by atoms with E-state index in [-0.39, 0.29) is 5.82 Å². The maximum absolute atomic E-state index is 13.5. The van der Waals surface area contributed by atoms with Crippen LogP contribution >= 0.6 is 23.8 Å². The summed E-state index contributed by atoms with van der Waals surface area (Å²) in [4.78, 5) is 1.83. The van der Waals surface area contributed by atoms with E-state index in [0.29, 0.717) is 40.3 Å². The van der Waals surface area contributed by atoms with Gasteiger partial charge in [0.1, 0.15) is 18.2 Å². The SMILES string of the molecule is Cc1ccc(NC(=S)N(C)CCOc2cccc(Cl)c2)cc1F. The molecule has 3 nitrogen and oxygen atoms in total. The quantitative estimate of drug-likeness (QED) is 0.801. The van der Waals surface area contributed by atoms with Gasteiger partial charge in [0, 0.05) is 17.8 Å². The van der Waals surface area contributed by atoms with E-state index in [1.807, 2.05) is 24.1 Å². The fraction of sp³-hybridized carbons (Fsp3) is 0.235. The highest BCUT2D eigenvalue weighted by Crippen LogP contribution is 2.17. The lowest BCUT2D eigenvalue weighted by Gasteiger charge is -2.21. The number of anilines is 1. The van der Waals surface area contributed by atoms with Crippen LogP contribution in [-0.2, 0) is 0 Å². The molecule has 0 aliphatic heterocycles. The minimum Gasteiger partial charge on any atom is -0.492 e. The van der Waals surface area contributed by atoms with Crippen molar-refractivity contribution in [3.63, 3.8) is 0 Å². The monoisotopic (exact) mass is 352 g/mol. The summed E-state index contributed by atoms with van der Waals surface area (Å²) in [7, 11) is 1.85. The van der Waals surface area contributed by atoms with Crippen molar-refractivity contribution in [3.8, 4) is 5.75 Å². The number of hydrogen-bond acceptors (Lipinski definition) is 2. The highest BCUT2D eigenvalue weighted by atomic mass is 35.5. The van der Waals surface area contributed by atoms with Gasteiger partial charge in [0.15, 0.2) is 5.11 Å². The van der Waals surface area contributed by atoms with Gasteiger partial charge in [0.05, 0.1) is 6.54 Å². The van der Waals surface area contributed by atoms with Crippen molar-refractivity contribution >= 4 is 34.6 Å². The van der Waals surface area contributed by atoms with Gasteiger partial charge < -0.3 is 15.0 Å². The summed E-state index contributed by atoms with van der Waals surface area (Å²) in [6.45, 7) is 2.77. The first-order chi connectivity index (χ1) is 11.0. The molecule has 1 N–H and O–H groups in total. The molecule has 0 saturated carbocycles. The van der Waals surface area contributed by atoms with Crippen LogP contribution < -0.4 is 10.1 Å². The maximum atomic E-state index is 13.5. The van der Waals surface area contributed by atoms with Crippen LogP contribution in [0.1, 0.15) is 5.56 Å². The van der Waals surface area contributed by atoms with Crippen molar-refractivity contribution in [2.75, 3.05) is 25.5 Å². The van der Waals surface area contributed by atoms with Crippen LogP contribution in [0.4, 0.5) is 10.1 Å². The standard InChI is InChI=1S/C17H18ClFN2OS/c1-12-6-7-14(11-16(12)19)20-17(23)21(2)8-9-22-15-5-3-4-13(18)10-15/h3-7,10-11H,8-9H2,1-2H3,(H,20,23). The van der Waals surface area contributed by atoms with Crippen molar-refractivity contribution in [1.82, 2.24) is 4.90 Å². The van der Waals surface area contributed by atoms with Crippen molar-refractivity contribution in [3.05, 3.63) is 58.9 Å². The fourth-order valence-corrected chi connectivity index (χ4v) is 2.24. The molecule has 0 bridgehead atoms. The molecular formula is C17H18ClFN2OS. The van der Waals surface area contributed by atoms with Crippen molar-refractivity contribution < 1.29 is 9.13 Å². The Balaban J connectivity index is 1.81. The van der Waals surface area contributed by atoms with E-state index in [1.165, 1.54) is 6.07 Å². The lowest BCUT2D eigenvalue weighted by molar-refractivity contribution is 0.285. The number of ether oxygens (including phenoxy) is 1. The highest BCUT2D eigenvalue weighted by Gasteiger charge is 2.06. The van der Waals surface area contributed by atoms with E-state index in [0.717, 1.165) is 0 Å². The summed E-state index contributed by atoms with van der Waals surface area (Å²) in [5.74, 6) is 0.454. The van der Waals surface area contributed by atoms with Gasteiger partial charge >= 0.3 is 0 Å². The van der Waals surface area contributed by atoms with Crippen molar-refractivity contribution in [2.24, 2.45) is 0 Å². The van der Waals surface area contributed by atoms with Gasteiger partial charge in [-0.05, 0) is 55.0 Å². The minimum absolute atomic E-state index is 0.259. The van der Waals surface area contributed by atoms with E-state index in [2.05, 4.69) is 5.32 Å². The third-order valence-electron chi connectivity index (χ3n) is 3.26. The summed E-state index contributed by atoms with van der Waals surface area (Å²) in [6.07, 6.45) is 0. The minimum atomic E-state index is -0.259. The number of likely N-dealkylation sites (N-methyl/N-ethyl adjacent to an activating group) is 1. The summed E-state index contributed by atoms with van der Waals surface area (Å²) in [6, 6.07) is 12.2.